The molecule has 4 aromatic rings. The lowest BCUT2D eigenvalue weighted by molar-refractivity contribution is -0.274. The molecule has 0 aliphatic carbocycles. The average Bonchev–Trinajstić information content (AvgIpc) is 3.24. The summed E-state index contributed by atoms with van der Waals surface area (Å²) in [4.78, 5) is 24.0. The fourth-order valence-corrected chi connectivity index (χ4v) is 3.77. The van der Waals surface area contributed by atoms with Crippen LogP contribution in [-0.4, -0.2) is 26.5 Å². The van der Waals surface area contributed by atoms with E-state index in [1.54, 1.807) is 6.92 Å². The van der Waals surface area contributed by atoms with Crippen LogP contribution in [0, 0.1) is 6.92 Å². The fraction of sp³-hybridized carbons (Fsp3) is 0.182. The summed E-state index contributed by atoms with van der Waals surface area (Å²) in [5.74, 6) is 0.411. The standard InChI is InChI=1S/C22H17F3N4O3S/c1-13-17(11-14-5-3-2-4-6-14)20(30)28-21(26-13)33-12-18-27-19(29-32-18)15-7-9-16(10-8-15)31-22(23,24)25/h2-10H,11-12H2,1H3,(H,26,28,30). The van der Waals surface area contributed by atoms with Crippen molar-refractivity contribution in [3.05, 3.63) is 87.7 Å². The lowest BCUT2D eigenvalue weighted by Crippen LogP contribution is -2.17. The lowest BCUT2D eigenvalue weighted by Gasteiger charge is -2.08. The highest BCUT2D eigenvalue weighted by atomic mass is 32.2. The first-order valence-electron chi connectivity index (χ1n) is 9.72. The van der Waals surface area contributed by atoms with Crippen molar-refractivity contribution in [2.24, 2.45) is 0 Å². The molecule has 0 atom stereocenters. The van der Waals surface area contributed by atoms with E-state index < -0.39 is 6.36 Å². The third-order valence-corrected chi connectivity index (χ3v) is 5.43. The number of thioether (sulfide) groups is 1. The van der Waals surface area contributed by atoms with Crippen molar-refractivity contribution in [2.45, 2.75) is 30.6 Å². The van der Waals surface area contributed by atoms with Crippen LogP contribution in [0.2, 0.25) is 0 Å². The van der Waals surface area contributed by atoms with Crippen LogP contribution in [0.5, 0.6) is 5.75 Å². The van der Waals surface area contributed by atoms with E-state index in [4.69, 9.17) is 4.52 Å². The number of H-pyrrole nitrogens is 1. The molecule has 0 saturated carbocycles. The third-order valence-electron chi connectivity index (χ3n) is 4.57. The van der Waals surface area contributed by atoms with Crippen molar-refractivity contribution in [1.82, 2.24) is 20.1 Å². The first-order valence-corrected chi connectivity index (χ1v) is 10.7. The number of aromatic amines is 1. The van der Waals surface area contributed by atoms with Crippen LogP contribution in [0.25, 0.3) is 11.4 Å². The maximum absolute atomic E-state index is 12.5. The average molecular weight is 474 g/mol. The molecular formula is C22H17F3N4O3S. The van der Waals surface area contributed by atoms with Gasteiger partial charge in [-0.15, -0.1) is 13.2 Å². The first kappa shape index (κ1) is 22.6. The van der Waals surface area contributed by atoms with Gasteiger partial charge < -0.3 is 14.2 Å². The second-order valence-corrected chi connectivity index (χ2v) is 7.93. The van der Waals surface area contributed by atoms with Gasteiger partial charge in [0.1, 0.15) is 5.75 Å². The van der Waals surface area contributed by atoms with Gasteiger partial charge in [0, 0.05) is 23.2 Å². The Labute approximate surface area is 190 Å². The zero-order valence-electron chi connectivity index (χ0n) is 17.2. The number of rotatable bonds is 7. The molecule has 0 radical (unpaired) electrons. The minimum absolute atomic E-state index is 0.207. The SMILES string of the molecule is Cc1nc(SCc2nc(-c3ccc(OC(F)(F)F)cc3)no2)[nH]c(=O)c1Cc1ccccc1. The van der Waals surface area contributed by atoms with Crippen molar-refractivity contribution in [3.63, 3.8) is 0 Å². The number of halogens is 3. The maximum atomic E-state index is 12.5. The topological polar surface area (TPSA) is 93.9 Å². The van der Waals surface area contributed by atoms with Crippen LogP contribution < -0.4 is 10.3 Å². The molecule has 0 amide bonds. The van der Waals surface area contributed by atoms with Gasteiger partial charge in [-0.25, -0.2) is 4.98 Å². The Balaban J connectivity index is 1.40. The normalized spacial score (nSPS) is 11.5. The van der Waals surface area contributed by atoms with Crippen LogP contribution >= 0.6 is 11.8 Å². The predicted molar refractivity (Wildman–Crippen MR) is 115 cm³/mol. The number of benzene rings is 2. The molecule has 2 aromatic heterocycles. The minimum atomic E-state index is -4.76. The Bertz CT molecular complexity index is 1290. The van der Waals surface area contributed by atoms with Crippen LogP contribution in [0.1, 0.15) is 22.7 Å². The fourth-order valence-electron chi connectivity index (χ4n) is 3.03. The highest BCUT2D eigenvalue weighted by Gasteiger charge is 2.31. The molecule has 170 valence electrons. The summed E-state index contributed by atoms with van der Waals surface area (Å²) in [6.07, 6.45) is -4.27. The third kappa shape index (κ3) is 6.01. The number of hydrogen-bond donors (Lipinski definition) is 1. The number of nitrogens with zero attached hydrogens (tertiary/aromatic N) is 3. The van der Waals surface area contributed by atoms with E-state index in [1.165, 1.54) is 36.0 Å². The monoisotopic (exact) mass is 474 g/mol. The Kier molecular flexibility index (Phi) is 6.50. The van der Waals surface area contributed by atoms with Gasteiger partial charge in [0.05, 0.1) is 5.75 Å². The number of aryl methyl sites for hydroxylation is 1. The van der Waals surface area contributed by atoms with Crippen LogP contribution in [0.3, 0.4) is 0 Å². The molecule has 0 spiro atoms. The molecule has 0 aliphatic rings. The van der Waals surface area contributed by atoms with Crippen LogP contribution in [0.15, 0.2) is 69.1 Å². The van der Waals surface area contributed by atoms with E-state index >= 15 is 0 Å². The molecule has 4 rings (SSSR count). The molecule has 11 heteroatoms. The van der Waals surface area contributed by atoms with E-state index in [9.17, 15) is 18.0 Å². The van der Waals surface area contributed by atoms with Crippen molar-refractivity contribution in [2.75, 3.05) is 0 Å². The zero-order chi connectivity index (χ0) is 23.4. The van der Waals surface area contributed by atoms with E-state index in [0.29, 0.717) is 28.4 Å². The molecule has 2 heterocycles. The highest BCUT2D eigenvalue weighted by Crippen LogP contribution is 2.26. The second kappa shape index (κ2) is 9.49. The van der Waals surface area contributed by atoms with Gasteiger partial charge in [0.25, 0.3) is 5.56 Å². The van der Waals surface area contributed by atoms with Gasteiger partial charge >= 0.3 is 6.36 Å². The zero-order valence-corrected chi connectivity index (χ0v) is 18.0. The van der Waals surface area contributed by atoms with Gasteiger partial charge in [-0.3, -0.25) is 4.79 Å². The van der Waals surface area contributed by atoms with Crippen molar-refractivity contribution in [1.29, 1.82) is 0 Å². The Morgan fingerprint density at radius 2 is 1.79 bits per heavy atom. The number of alkyl halides is 3. The smallest absolute Gasteiger partial charge is 0.406 e. The number of nitrogens with one attached hydrogen (secondary N) is 1. The molecule has 0 unspecified atom stereocenters. The van der Waals surface area contributed by atoms with E-state index in [-0.39, 0.29) is 28.8 Å². The molecule has 0 aliphatic heterocycles. The number of ether oxygens (including phenoxy) is 1. The molecule has 7 nitrogen and oxygen atoms in total. The van der Waals surface area contributed by atoms with Gasteiger partial charge in [0.2, 0.25) is 11.7 Å². The summed E-state index contributed by atoms with van der Waals surface area (Å²) in [5, 5.41) is 4.26. The summed E-state index contributed by atoms with van der Waals surface area (Å²) in [6, 6.07) is 14.8. The van der Waals surface area contributed by atoms with E-state index in [1.807, 2.05) is 30.3 Å². The highest BCUT2D eigenvalue weighted by molar-refractivity contribution is 7.98. The van der Waals surface area contributed by atoms with Gasteiger partial charge in [-0.05, 0) is 36.8 Å². The van der Waals surface area contributed by atoms with Crippen LogP contribution in [-0.2, 0) is 12.2 Å². The van der Waals surface area contributed by atoms with E-state index in [0.717, 1.165) is 5.56 Å². The molecule has 2 aromatic carbocycles. The summed E-state index contributed by atoms with van der Waals surface area (Å²) >= 11 is 1.23. The van der Waals surface area contributed by atoms with Crippen molar-refractivity contribution < 1.29 is 22.4 Å². The quantitative estimate of drug-likeness (QED) is 0.300. The number of hydrogen-bond acceptors (Lipinski definition) is 7. The first-order chi connectivity index (χ1) is 15.8. The van der Waals surface area contributed by atoms with E-state index in [2.05, 4.69) is 24.8 Å². The van der Waals surface area contributed by atoms with Crippen molar-refractivity contribution >= 4 is 11.8 Å². The van der Waals surface area contributed by atoms with Gasteiger partial charge in [0.15, 0.2) is 5.16 Å². The van der Waals surface area contributed by atoms with Crippen LogP contribution in [0.4, 0.5) is 13.2 Å². The lowest BCUT2D eigenvalue weighted by atomic mass is 10.1. The van der Waals surface area contributed by atoms with Gasteiger partial charge in [-0.2, -0.15) is 4.98 Å². The summed E-state index contributed by atoms with van der Waals surface area (Å²) in [7, 11) is 0. The Hall–Kier alpha value is -3.60. The largest absolute Gasteiger partial charge is 0.573 e. The molecule has 0 saturated heterocycles. The Morgan fingerprint density at radius 3 is 2.45 bits per heavy atom. The summed E-state index contributed by atoms with van der Waals surface area (Å²) in [5.41, 5.74) is 2.52. The minimum Gasteiger partial charge on any atom is -0.406 e. The number of aromatic nitrogens is 4. The van der Waals surface area contributed by atoms with Gasteiger partial charge in [-0.1, -0.05) is 47.3 Å². The summed E-state index contributed by atoms with van der Waals surface area (Å²) in [6.45, 7) is 1.79. The summed E-state index contributed by atoms with van der Waals surface area (Å²) < 4.78 is 45.9. The molecular weight excluding hydrogens is 457 g/mol. The Morgan fingerprint density at radius 1 is 1.06 bits per heavy atom. The molecule has 0 fully saturated rings. The molecule has 33 heavy (non-hydrogen) atoms. The van der Waals surface area contributed by atoms with Crippen molar-refractivity contribution in [3.8, 4) is 17.1 Å². The predicted octanol–water partition coefficient (Wildman–Crippen LogP) is 4.91. The maximum Gasteiger partial charge on any atom is 0.573 e. The molecule has 1 N–H and O–H groups in total. The second-order valence-electron chi connectivity index (χ2n) is 6.97. The molecule has 0 bridgehead atoms.